The average Bonchev–Trinajstić information content (AvgIpc) is 2.55. The Bertz CT molecular complexity index is 559. The molecular formula is C17H21NO3. The quantitative estimate of drug-likeness (QED) is 0.877. The first-order valence-electron chi connectivity index (χ1n) is 6.85. The minimum Gasteiger partial charge on any atom is -0.493 e. The number of para-hydroxylation sites is 1. The standard InChI is InChI=1S/C17H21NO3/c1-12(18-2)13-8-10-14(11-9-13)21-17-15(19-3)6-5-7-16(17)20-4/h5-12,18H,1-4H3. The lowest BCUT2D eigenvalue weighted by Crippen LogP contribution is -2.11. The molecule has 0 aliphatic rings. The number of benzene rings is 2. The largest absolute Gasteiger partial charge is 0.493 e. The molecule has 1 atom stereocenters. The number of hydrogen-bond acceptors (Lipinski definition) is 4. The second-order valence-electron chi connectivity index (χ2n) is 4.67. The Kier molecular flexibility index (Phi) is 5.06. The maximum atomic E-state index is 5.92. The molecule has 2 rings (SSSR count). The SMILES string of the molecule is CNC(C)c1ccc(Oc2c(OC)cccc2OC)cc1. The Labute approximate surface area is 125 Å². The highest BCUT2D eigenvalue weighted by Gasteiger charge is 2.12. The fraction of sp³-hybridized carbons (Fsp3) is 0.294. The van der Waals surface area contributed by atoms with Crippen molar-refractivity contribution in [2.75, 3.05) is 21.3 Å². The van der Waals surface area contributed by atoms with E-state index >= 15 is 0 Å². The summed E-state index contributed by atoms with van der Waals surface area (Å²) in [6.07, 6.45) is 0. The molecular weight excluding hydrogens is 266 g/mol. The van der Waals surface area contributed by atoms with E-state index in [0.29, 0.717) is 23.3 Å². The van der Waals surface area contributed by atoms with Gasteiger partial charge in [0.25, 0.3) is 0 Å². The number of ether oxygens (including phenoxy) is 3. The Hall–Kier alpha value is -2.20. The average molecular weight is 287 g/mol. The van der Waals surface area contributed by atoms with Crippen LogP contribution in [0.4, 0.5) is 0 Å². The highest BCUT2D eigenvalue weighted by molar-refractivity contribution is 5.53. The number of rotatable bonds is 6. The van der Waals surface area contributed by atoms with Crippen LogP contribution in [0.2, 0.25) is 0 Å². The Balaban J connectivity index is 2.26. The molecule has 0 saturated carbocycles. The molecule has 0 saturated heterocycles. The van der Waals surface area contributed by atoms with Gasteiger partial charge in [0.05, 0.1) is 14.2 Å². The van der Waals surface area contributed by atoms with E-state index in [4.69, 9.17) is 14.2 Å². The Morgan fingerprint density at radius 1 is 0.905 bits per heavy atom. The van der Waals surface area contributed by atoms with E-state index in [1.54, 1.807) is 14.2 Å². The van der Waals surface area contributed by atoms with Crippen molar-refractivity contribution in [3.8, 4) is 23.0 Å². The molecule has 0 bridgehead atoms. The van der Waals surface area contributed by atoms with Gasteiger partial charge in [-0.3, -0.25) is 0 Å². The molecule has 1 unspecified atom stereocenters. The molecule has 4 heteroatoms. The van der Waals surface area contributed by atoms with Crippen molar-refractivity contribution in [3.05, 3.63) is 48.0 Å². The van der Waals surface area contributed by atoms with E-state index in [-0.39, 0.29) is 0 Å². The van der Waals surface area contributed by atoms with Crippen LogP contribution in [0.5, 0.6) is 23.0 Å². The third-order valence-electron chi connectivity index (χ3n) is 3.42. The van der Waals surface area contributed by atoms with Gasteiger partial charge in [-0.15, -0.1) is 0 Å². The summed E-state index contributed by atoms with van der Waals surface area (Å²) in [5.74, 6) is 2.60. The van der Waals surface area contributed by atoms with Crippen molar-refractivity contribution >= 4 is 0 Å². The summed E-state index contributed by atoms with van der Waals surface area (Å²) in [5.41, 5.74) is 1.21. The second kappa shape index (κ2) is 6.99. The van der Waals surface area contributed by atoms with Crippen molar-refractivity contribution in [3.63, 3.8) is 0 Å². The lowest BCUT2D eigenvalue weighted by atomic mass is 10.1. The minimum absolute atomic E-state index is 0.305. The smallest absolute Gasteiger partial charge is 0.210 e. The summed E-state index contributed by atoms with van der Waals surface area (Å²) < 4.78 is 16.6. The maximum absolute atomic E-state index is 5.92. The van der Waals surface area contributed by atoms with E-state index in [9.17, 15) is 0 Å². The zero-order valence-corrected chi connectivity index (χ0v) is 12.8. The molecule has 0 aliphatic carbocycles. The predicted octanol–water partition coefficient (Wildman–Crippen LogP) is 3.78. The van der Waals surface area contributed by atoms with Gasteiger partial charge >= 0.3 is 0 Å². The fourth-order valence-corrected chi connectivity index (χ4v) is 2.03. The topological polar surface area (TPSA) is 39.7 Å². The van der Waals surface area contributed by atoms with Crippen LogP contribution in [-0.4, -0.2) is 21.3 Å². The van der Waals surface area contributed by atoms with Gasteiger partial charge in [0.1, 0.15) is 5.75 Å². The van der Waals surface area contributed by atoms with Gasteiger partial charge in [0, 0.05) is 6.04 Å². The zero-order chi connectivity index (χ0) is 15.2. The van der Waals surface area contributed by atoms with Crippen LogP contribution in [0.25, 0.3) is 0 Å². The van der Waals surface area contributed by atoms with Crippen LogP contribution in [0.1, 0.15) is 18.5 Å². The van der Waals surface area contributed by atoms with Crippen molar-refractivity contribution in [1.82, 2.24) is 5.32 Å². The zero-order valence-electron chi connectivity index (χ0n) is 12.8. The molecule has 0 aromatic heterocycles. The van der Waals surface area contributed by atoms with Gasteiger partial charge in [-0.25, -0.2) is 0 Å². The van der Waals surface area contributed by atoms with Gasteiger partial charge in [0.2, 0.25) is 5.75 Å². The summed E-state index contributed by atoms with van der Waals surface area (Å²) >= 11 is 0. The molecule has 4 nitrogen and oxygen atoms in total. The first-order valence-corrected chi connectivity index (χ1v) is 6.85. The lowest BCUT2D eigenvalue weighted by Gasteiger charge is -2.15. The molecule has 21 heavy (non-hydrogen) atoms. The van der Waals surface area contributed by atoms with Crippen LogP contribution in [0.15, 0.2) is 42.5 Å². The monoisotopic (exact) mass is 287 g/mol. The molecule has 0 heterocycles. The van der Waals surface area contributed by atoms with E-state index in [1.807, 2.05) is 49.5 Å². The van der Waals surface area contributed by atoms with E-state index in [2.05, 4.69) is 12.2 Å². The summed E-state index contributed by atoms with van der Waals surface area (Å²) in [6.45, 7) is 2.11. The first kappa shape index (κ1) is 15.2. The summed E-state index contributed by atoms with van der Waals surface area (Å²) in [5, 5.41) is 3.21. The van der Waals surface area contributed by atoms with E-state index in [1.165, 1.54) is 5.56 Å². The van der Waals surface area contributed by atoms with Gasteiger partial charge in [-0.1, -0.05) is 18.2 Å². The van der Waals surface area contributed by atoms with Crippen molar-refractivity contribution in [2.45, 2.75) is 13.0 Å². The molecule has 0 radical (unpaired) electrons. The van der Waals surface area contributed by atoms with Gasteiger partial charge in [-0.05, 0) is 43.8 Å². The molecule has 0 fully saturated rings. The number of nitrogens with one attached hydrogen (secondary N) is 1. The highest BCUT2D eigenvalue weighted by atomic mass is 16.5. The minimum atomic E-state index is 0.305. The molecule has 112 valence electrons. The van der Waals surface area contributed by atoms with Crippen molar-refractivity contribution in [1.29, 1.82) is 0 Å². The summed E-state index contributed by atoms with van der Waals surface area (Å²) in [4.78, 5) is 0. The molecule has 0 aliphatic heterocycles. The van der Waals surface area contributed by atoms with E-state index < -0.39 is 0 Å². The molecule has 0 amide bonds. The molecule has 0 spiro atoms. The Morgan fingerprint density at radius 3 is 1.95 bits per heavy atom. The second-order valence-corrected chi connectivity index (χ2v) is 4.67. The highest BCUT2D eigenvalue weighted by Crippen LogP contribution is 2.39. The predicted molar refractivity (Wildman–Crippen MR) is 83.5 cm³/mol. The summed E-state index contributed by atoms with van der Waals surface area (Å²) in [6, 6.07) is 13.8. The van der Waals surface area contributed by atoms with Crippen LogP contribution >= 0.6 is 0 Å². The van der Waals surface area contributed by atoms with Crippen LogP contribution in [0.3, 0.4) is 0 Å². The lowest BCUT2D eigenvalue weighted by molar-refractivity contribution is 0.346. The molecule has 2 aromatic carbocycles. The first-order chi connectivity index (χ1) is 10.2. The number of methoxy groups -OCH3 is 2. The third kappa shape index (κ3) is 3.47. The van der Waals surface area contributed by atoms with E-state index in [0.717, 1.165) is 5.75 Å². The number of hydrogen-bond donors (Lipinski definition) is 1. The van der Waals surface area contributed by atoms with Crippen LogP contribution in [0, 0.1) is 0 Å². The normalized spacial score (nSPS) is 11.8. The maximum Gasteiger partial charge on any atom is 0.210 e. The van der Waals surface area contributed by atoms with Gasteiger partial charge < -0.3 is 19.5 Å². The fourth-order valence-electron chi connectivity index (χ4n) is 2.03. The Morgan fingerprint density at radius 2 is 1.48 bits per heavy atom. The van der Waals surface area contributed by atoms with Crippen molar-refractivity contribution < 1.29 is 14.2 Å². The van der Waals surface area contributed by atoms with Crippen molar-refractivity contribution in [2.24, 2.45) is 0 Å². The van der Waals surface area contributed by atoms with Gasteiger partial charge in [-0.2, -0.15) is 0 Å². The third-order valence-corrected chi connectivity index (χ3v) is 3.42. The summed E-state index contributed by atoms with van der Waals surface area (Å²) in [7, 11) is 5.16. The molecule has 1 N–H and O–H groups in total. The van der Waals surface area contributed by atoms with Crippen LogP contribution < -0.4 is 19.5 Å². The van der Waals surface area contributed by atoms with Gasteiger partial charge in [0.15, 0.2) is 11.5 Å². The van der Waals surface area contributed by atoms with Crippen LogP contribution in [-0.2, 0) is 0 Å². The molecule has 2 aromatic rings.